The number of amides is 2. The highest BCUT2D eigenvalue weighted by atomic mass is 16.6. The summed E-state index contributed by atoms with van der Waals surface area (Å²) in [6.07, 6.45) is -0.474. The standard InChI is InChI=1S/C18H22N2O5/c1-11-9-16(22)24-14-10-12(5-6-13(11)14)20-15(21)7-8-19-17(23)25-18(2,3)4/h5-6,9-10H,7-8H2,1-4H3,(H,19,23)(H,20,21). The fourth-order valence-corrected chi connectivity index (χ4v) is 2.22. The Morgan fingerprint density at radius 3 is 2.60 bits per heavy atom. The quantitative estimate of drug-likeness (QED) is 0.830. The number of ether oxygens (including phenoxy) is 1. The molecule has 7 heteroatoms. The van der Waals surface area contributed by atoms with Crippen LogP contribution >= 0.6 is 0 Å². The monoisotopic (exact) mass is 346 g/mol. The molecule has 0 radical (unpaired) electrons. The van der Waals surface area contributed by atoms with Crippen molar-refractivity contribution in [3.05, 3.63) is 40.2 Å². The first-order chi connectivity index (χ1) is 11.6. The van der Waals surface area contributed by atoms with Gasteiger partial charge in [0.1, 0.15) is 11.2 Å². The van der Waals surface area contributed by atoms with Crippen molar-refractivity contribution in [2.24, 2.45) is 0 Å². The fraction of sp³-hybridized carbons (Fsp3) is 0.389. The van der Waals surface area contributed by atoms with Crippen LogP contribution in [0.2, 0.25) is 0 Å². The van der Waals surface area contributed by atoms with Crippen LogP contribution < -0.4 is 16.3 Å². The predicted molar refractivity (Wildman–Crippen MR) is 94.7 cm³/mol. The largest absolute Gasteiger partial charge is 0.444 e. The number of nitrogens with one attached hydrogen (secondary N) is 2. The molecule has 1 aromatic heterocycles. The van der Waals surface area contributed by atoms with Crippen LogP contribution in [0.25, 0.3) is 11.0 Å². The average molecular weight is 346 g/mol. The molecule has 2 rings (SSSR count). The van der Waals surface area contributed by atoms with E-state index in [-0.39, 0.29) is 18.9 Å². The molecule has 0 saturated heterocycles. The van der Waals surface area contributed by atoms with Gasteiger partial charge in [0, 0.05) is 36.2 Å². The molecule has 0 unspecified atom stereocenters. The maximum Gasteiger partial charge on any atom is 0.407 e. The Kier molecular flexibility index (Phi) is 5.46. The second kappa shape index (κ2) is 7.38. The molecule has 2 N–H and O–H groups in total. The molecule has 0 aliphatic heterocycles. The molecule has 25 heavy (non-hydrogen) atoms. The summed E-state index contributed by atoms with van der Waals surface area (Å²) in [6.45, 7) is 7.26. The highest BCUT2D eigenvalue weighted by Gasteiger charge is 2.16. The van der Waals surface area contributed by atoms with Crippen LogP contribution in [0.5, 0.6) is 0 Å². The summed E-state index contributed by atoms with van der Waals surface area (Å²) in [5.74, 6) is -0.273. The van der Waals surface area contributed by atoms with Gasteiger partial charge in [0.15, 0.2) is 0 Å². The van der Waals surface area contributed by atoms with Crippen LogP contribution in [0.15, 0.2) is 33.5 Å². The van der Waals surface area contributed by atoms with Crippen molar-refractivity contribution < 1.29 is 18.7 Å². The minimum absolute atomic E-state index is 0.0923. The average Bonchev–Trinajstić information content (AvgIpc) is 2.44. The topological polar surface area (TPSA) is 97.6 Å². The van der Waals surface area contributed by atoms with Crippen LogP contribution in [-0.2, 0) is 9.53 Å². The molecule has 134 valence electrons. The number of fused-ring (bicyclic) bond motifs is 1. The smallest absolute Gasteiger partial charge is 0.407 e. The molecule has 1 heterocycles. The maximum atomic E-state index is 12.0. The predicted octanol–water partition coefficient (Wildman–Crippen LogP) is 2.95. The number of hydrogen-bond donors (Lipinski definition) is 2. The maximum absolute atomic E-state index is 12.0. The van der Waals surface area contributed by atoms with Crippen molar-refractivity contribution in [2.45, 2.75) is 39.7 Å². The molecular formula is C18H22N2O5. The number of aryl methyl sites for hydroxylation is 1. The van der Waals surface area contributed by atoms with E-state index < -0.39 is 17.3 Å². The lowest BCUT2D eigenvalue weighted by molar-refractivity contribution is -0.116. The Labute approximate surface area is 145 Å². The van der Waals surface area contributed by atoms with E-state index in [1.807, 2.05) is 6.92 Å². The normalized spacial score (nSPS) is 11.2. The van der Waals surface area contributed by atoms with E-state index in [0.717, 1.165) is 10.9 Å². The van der Waals surface area contributed by atoms with E-state index in [9.17, 15) is 14.4 Å². The van der Waals surface area contributed by atoms with E-state index in [2.05, 4.69) is 10.6 Å². The first-order valence-electron chi connectivity index (χ1n) is 7.95. The number of carbonyl (C=O) groups is 2. The van der Waals surface area contributed by atoms with Gasteiger partial charge in [-0.3, -0.25) is 4.79 Å². The van der Waals surface area contributed by atoms with E-state index in [4.69, 9.17) is 9.15 Å². The molecule has 2 aromatic rings. The first kappa shape index (κ1) is 18.5. The first-order valence-corrected chi connectivity index (χ1v) is 7.95. The van der Waals surface area contributed by atoms with Gasteiger partial charge in [-0.15, -0.1) is 0 Å². The lowest BCUT2D eigenvalue weighted by Crippen LogP contribution is -2.34. The molecule has 0 bridgehead atoms. The molecule has 0 atom stereocenters. The number of carbonyl (C=O) groups excluding carboxylic acids is 2. The van der Waals surface area contributed by atoms with Gasteiger partial charge in [0.25, 0.3) is 0 Å². The third kappa shape index (κ3) is 5.63. The molecule has 0 fully saturated rings. The zero-order valence-electron chi connectivity index (χ0n) is 14.8. The molecule has 1 aromatic carbocycles. The Balaban J connectivity index is 1.91. The van der Waals surface area contributed by atoms with Crippen LogP contribution in [0.3, 0.4) is 0 Å². The van der Waals surface area contributed by atoms with E-state index in [0.29, 0.717) is 11.3 Å². The highest BCUT2D eigenvalue weighted by Crippen LogP contribution is 2.20. The zero-order chi connectivity index (χ0) is 18.6. The van der Waals surface area contributed by atoms with Crippen molar-refractivity contribution >= 4 is 28.7 Å². The molecule has 2 amide bonds. The molecule has 0 spiro atoms. The Morgan fingerprint density at radius 2 is 1.92 bits per heavy atom. The third-order valence-corrected chi connectivity index (χ3v) is 3.26. The number of anilines is 1. The molecule has 0 saturated carbocycles. The number of rotatable bonds is 4. The van der Waals surface area contributed by atoms with Gasteiger partial charge in [-0.1, -0.05) is 0 Å². The van der Waals surface area contributed by atoms with Gasteiger partial charge < -0.3 is 19.8 Å². The third-order valence-electron chi connectivity index (χ3n) is 3.26. The lowest BCUT2D eigenvalue weighted by atomic mass is 10.1. The van der Waals surface area contributed by atoms with Gasteiger partial charge in [0.05, 0.1) is 0 Å². The summed E-state index contributed by atoms with van der Waals surface area (Å²) in [6, 6.07) is 6.53. The molecular weight excluding hydrogens is 324 g/mol. The summed E-state index contributed by atoms with van der Waals surface area (Å²) in [4.78, 5) is 34.9. The van der Waals surface area contributed by atoms with Crippen LogP contribution in [-0.4, -0.2) is 24.1 Å². The highest BCUT2D eigenvalue weighted by molar-refractivity contribution is 5.93. The summed E-state index contributed by atoms with van der Waals surface area (Å²) < 4.78 is 10.2. The van der Waals surface area contributed by atoms with Crippen LogP contribution in [0, 0.1) is 6.92 Å². The SMILES string of the molecule is Cc1cc(=O)oc2cc(NC(=O)CCNC(=O)OC(C)(C)C)ccc12. The van der Waals surface area contributed by atoms with Crippen LogP contribution in [0.1, 0.15) is 32.8 Å². The Bertz CT molecular complexity index is 849. The fourth-order valence-electron chi connectivity index (χ4n) is 2.22. The minimum Gasteiger partial charge on any atom is -0.444 e. The molecule has 0 aliphatic carbocycles. The summed E-state index contributed by atoms with van der Waals surface area (Å²) in [7, 11) is 0. The van der Waals surface area contributed by atoms with Crippen molar-refractivity contribution in [2.75, 3.05) is 11.9 Å². The summed E-state index contributed by atoms with van der Waals surface area (Å²) in [5.41, 5.74) is 0.721. The molecule has 7 nitrogen and oxygen atoms in total. The number of hydrogen-bond acceptors (Lipinski definition) is 5. The van der Waals surface area contributed by atoms with Gasteiger partial charge in [0.2, 0.25) is 5.91 Å². The van der Waals surface area contributed by atoms with Gasteiger partial charge >= 0.3 is 11.7 Å². The summed E-state index contributed by atoms with van der Waals surface area (Å²) in [5, 5.41) is 6.03. The molecule has 0 aliphatic rings. The zero-order valence-corrected chi connectivity index (χ0v) is 14.8. The number of alkyl carbamates (subject to hydrolysis) is 1. The second-order valence-corrected chi connectivity index (χ2v) is 6.69. The van der Waals surface area contributed by atoms with Gasteiger partial charge in [-0.05, 0) is 45.4 Å². The van der Waals surface area contributed by atoms with E-state index >= 15 is 0 Å². The van der Waals surface area contributed by atoms with Gasteiger partial charge in [-0.2, -0.15) is 0 Å². The van der Waals surface area contributed by atoms with Crippen molar-refractivity contribution in [1.82, 2.24) is 5.32 Å². The van der Waals surface area contributed by atoms with Crippen LogP contribution in [0.4, 0.5) is 10.5 Å². The Hall–Kier alpha value is -2.83. The van der Waals surface area contributed by atoms with E-state index in [1.165, 1.54) is 6.07 Å². The van der Waals surface area contributed by atoms with Crippen molar-refractivity contribution in [3.63, 3.8) is 0 Å². The minimum atomic E-state index is -0.584. The van der Waals surface area contributed by atoms with Crippen molar-refractivity contribution in [1.29, 1.82) is 0 Å². The van der Waals surface area contributed by atoms with E-state index in [1.54, 1.807) is 39.0 Å². The second-order valence-electron chi connectivity index (χ2n) is 6.69. The lowest BCUT2D eigenvalue weighted by Gasteiger charge is -2.19. The van der Waals surface area contributed by atoms with Crippen molar-refractivity contribution in [3.8, 4) is 0 Å². The Morgan fingerprint density at radius 1 is 1.20 bits per heavy atom. The van der Waals surface area contributed by atoms with Gasteiger partial charge in [-0.25, -0.2) is 9.59 Å². The summed E-state index contributed by atoms with van der Waals surface area (Å²) >= 11 is 0. The number of benzene rings is 1.